The summed E-state index contributed by atoms with van der Waals surface area (Å²) >= 11 is 1.41. The molecule has 10 nitrogen and oxygen atoms in total. The van der Waals surface area contributed by atoms with Gasteiger partial charge in [-0.25, -0.2) is 9.59 Å². The standard InChI is InChI=1S/C27H38N4O6S/c1-9-36-22(33)19-12-15(2)18(38-19)11-10-16-13-17-20(31(14-16)25(35)37-27(6,7)8)28-24(29-21(17)32)30-23(34)26(3,4)5/h12,16H,9-11,13-14H2,1-8H3,(H2,28,29,30,32,34)/t16-/m0/s1. The fraction of sp³-hybridized carbons (Fsp3) is 0.593. The highest BCUT2D eigenvalue weighted by atomic mass is 32.1. The second kappa shape index (κ2) is 11.3. The molecule has 3 heterocycles. The Labute approximate surface area is 227 Å². The van der Waals surface area contributed by atoms with E-state index >= 15 is 0 Å². The monoisotopic (exact) mass is 546 g/mol. The van der Waals surface area contributed by atoms with Gasteiger partial charge in [-0.15, -0.1) is 11.3 Å². The zero-order valence-corrected chi connectivity index (χ0v) is 24.3. The largest absolute Gasteiger partial charge is 0.462 e. The number of aromatic nitrogens is 2. The summed E-state index contributed by atoms with van der Waals surface area (Å²) in [6.45, 7) is 14.9. The summed E-state index contributed by atoms with van der Waals surface area (Å²) in [7, 11) is 0. The van der Waals surface area contributed by atoms with Gasteiger partial charge in [0.05, 0.1) is 12.2 Å². The van der Waals surface area contributed by atoms with E-state index in [9.17, 15) is 19.2 Å². The summed E-state index contributed by atoms with van der Waals surface area (Å²) in [5, 5.41) is 2.64. The molecule has 2 amide bonds. The van der Waals surface area contributed by atoms with E-state index in [-0.39, 0.29) is 29.6 Å². The molecule has 0 radical (unpaired) electrons. The summed E-state index contributed by atoms with van der Waals surface area (Å²) in [5.41, 5.74) is -0.466. The third-order valence-electron chi connectivity index (χ3n) is 5.99. The fourth-order valence-corrected chi connectivity index (χ4v) is 5.11. The summed E-state index contributed by atoms with van der Waals surface area (Å²) < 4.78 is 10.7. The number of hydrogen-bond acceptors (Lipinski definition) is 8. The number of hydrogen-bond donors (Lipinski definition) is 2. The first-order valence-corrected chi connectivity index (χ1v) is 13.6. The van der Waals surface area contributed by atoms with Crippen LogP contribution in [0.4, 0.5) is 16.6 Å². The number of H-pyrrole nitrogens is 1. The van der Waals surface area contributed by atoms with Crippen molar-refractivity contribution in [1.29, 1.82) is 0 Å². The summed E-state index contributed by atoms with van der Waals surface area (Å²) in [5.74, 6) is -0.504. The summed E-state index contributed by atoms with van der Waals surface area (Å²) in [4.78, 5) is 61.1. The van der Waals surface area contributed by atoms with Crippen LogP contribution in [0, 0.1) is 18.3 Å². The molecule has 1 atom stereocenters. The van der Waals surface area contributed by atoms with Gasteiger partial charge >= 0.3 is 12.1 Å². The van der Waals surface area contributed by atoms with Crippen molar-refractivity contribution in [3.8, 4) is 0 Å². The van der Waals surface area contributed by atoms with Crippen molar-refractivity contribution in [2.75, 3.05) is 23.4 Å². The number of carbonyl (C=O) groups excluding carboxylic acids is 3. The molecule has 1 aliphatic rings. The van der Waals surface area contributed by atoms with Gasteiger partial charge in [-0.1, -0.05) is 20.8 Å². The number of fused-ring (bicyclic) bond motifs is 1. The molecule has 0 saturated carbocycles. The van der Waals surface area contributed by atoms with Crippen LogP contribution in [0.1, 0.15) is 80.6 Å². The number of aryl methyl sites for hydroxylation is 2. The maximum absolute atomic E-state index is 13.2. The van der Waals surface area contributed by atoms with Crippen molar-refractivity contribution < 1.29 is 23.9 Å². The van der Waals surface area contributed by atoms with Crippen molar-refractivity contribution in [1.82, 2.24) is 9.97 Å². The predicted molar refractivity (Wildman–Crippen MR) is 147 cm³/mol. The average Bonchev–Trinajstić information content (AvgIpc) is 3.16. The maximum atomic E-state index is 13.2. The number of esters is 1. The maximum Gasteiger partial charge on any atom is 0.416 e. The van der Waals surface area contributed by atoms with E-state index in [2.05, 4.69) is 15.3 Å². The van der Waals surface area contributed by atoms with Crippen LogP contribution in [0.25, 0.3) is 0 Å². The number of nitrogens with zero attached hydrogens (tertiary/aromatic N) is 2. The lowest BCUT2D eigenvalue weighted by Crippen LogP contribution is -2.45. The number of thiophene rings is 1. The van der Waals surface area contributed by atoms with Gasteiger partial charge in [0.15, 0.2) is 5.82 Å². The van der Waals surface area contributed by atoms with Crippen molar-refractivity contribution in [2.24, 2.45) is 11.3 Å². The second-order valence-electron chi connectivity index (χ2n) is 11.6. The van der Waals surface area contributed by atoms with Crippen LogP contribution in [0.2, 0.25) is 0 Å². The molecule has 0 saturated heterocycles. The predicted octanol–water partition coefficient (Wildman–Crippen LogP) is 4.85. The van der Waals surface area contributed by atoms with Gasteiger partial charge in [-0.2, -0.15) is 4.98 Å². The molecule has 0 aliphatic carbocycles. The Hall–Kier alpha value is -3.21. The van der Waals surface area contributed by atoms with Crippen LogP contribution in [-0.2, 0) is 27.1 Å². The molecule has 0 unspecified atom stereocenters. The number of amides is 2. The highest BCUT2D eigenvalue weighted by Crippen LogP contribution is 2.32. The fourth-order valence-electron chi connectivity index (χ4n) is 4.02. The molecular weight excluding hydrogens is 508 g/mol. The molecule has 1 aliphatic heterocycles. The first-order chi connectivity index (χ1) is 17.6. The molecule has 3 rings (SSSR count). The molecule has 0 aromatic carbocycles. The smallest absolute Gasteiger partial charge is 0.416 e. The normalized spacial score (nSPS) is 15.6. The number of anilines is 2. The van der Waals surface area contributed by atoms with Crippen LogP contribution in [0.15, 0.2) is 10.9 Å². The van der Waals surface area contributed by atoms with Gasteiger partial charge < -0.3 is 9.47 Å². The van der Waals surface area contributed by atoms with E-state index in [0.29, 0.717) is 42.9 Å². The summed E-state index contributed by atoms with van der Waals surface area (Å²) in [6.07, 6.45) is 1.18. The Bertz CT molecular complexity index is 1270. The lowest BCUT2D eigenvalue weighted by atomic mass is 9.91. The molecule has 0 fully saturated rings. The van der Waals surface area contributed by atoms with Gasteiger partial charge in [0.2, 0.25) is 11.9 Å². The zero-order chi connectivity index (χ0) is 28.4. The van der Waals surface area contributed by atoms with Crippen molar-refractivity contribution >= 4 is 41.1 Å². The van der Waals surface area contributed by atoms with Crippen molar-refractivity contribution in [2.45, 2.75) is 80.3 Å². The van der Waals surface area contributed by atoms with Crippen LogP contribution >= 0.6 is 11.3 Å². The lowest BCUT2D eigenvalue weighted by molar-refractivity contribution is -0.123. The van der Waals surface area contributed by atoms with E-state index in [1.807, 2.05) is 13.0 Å². The van der Waals surface area contributed by atoms with Gasteiger partial charge in [-0.3, -0.25) is 24.8 Å². The number of ether oxygens (including phenoxy) is 2. The molecule has 2 aromatic heterocycles. The topological polar surface area (TPSA) is 131 Å². The van der Waals surface area contributed by atoms with E-state index in [1.54, 1.807) is 48.5 Å². The average molecular weight is 547 g/mol. The summed E-state index contributed by atoms with van der Waals surface area (Å²) in [6, 6.07) is 1.84. The minimum absolute atomic E-state index is 0.0126. The number of rotatable bonds is 6. The van der Waals surface area contributed by atoms with Crippen LogP contribution in [-0.4, -0.2) is 46.7 Å². The Morgan fingerprint density at radius 2 is 1.89 bits per heavy atom. The Kier molecular flexibility index (Phi) is 8.70. The minimum atomic E-state index is -0.744. The third-order valence-corrected chi connectivity index (χ3v) is 7.26. The van der Waals surface area contributed by atoms with Gasteiger partial charge in [-0.05, 0) is 71.4 Å². The second-order valence-corrected chi connectivity index (χ2v) is 12.7. The molecule has 38 heavy (non-hydrogen) atoms. The van der Waals surface area contributed by atoms with E-state index in [0.717, 1.165) is 10.4 Å². The molecule has 0 spiro atoms. The first-order valence-electron chi connectivity index (χ1n) is 12.8. The van der Waals surface area contributed by atoms with Crippen molar-refractivity contribution in [3.63, 3.8) is 0 Å². The molecule has 11 heteroatoms. The van der Waals surface area contributed by atoms with Gasteiger partial charge in [0, 0.05) is 16.8 Å². The Morgan fingerprint density at radius 1 is 1.21 bits per heavy atom. The molecule has 2 N–H and O–H groups in total. The Morgan fingerprint density at radius 3 is 2.50 bits per heavy atom. The van der Waals surface area contributed by atoms with E-state index < -0.39 is 22.7 Å². The number of nitrogens with one attached hydrogen (secondary N) is 2. The number of aromatic amines is 1. The highest BCUT2D eigenvalue weighted by Gasteiger charge is 2.35. The highest BCUT2D eigenvalue weighted by molar-refractivity contribution is 7.14. The number of carbonyl (C=O) groups is 3. The molecule has 2 aromatic rings. The first kappa shape index (κ1) is 29.3. The van der Waals surface area contributed by atoms with Crippen LogP contribution < -0.4 is 15.8 Å². The SMILES string of the molecule is CCOC(=O)c1cc(C)c(CC[C@H]2Cc3c(nc(NC(=O)C(C)(C)C)[nH]c3=O)N(C(=O)OC(C)(C)C)C2)s1. The molecular formula is C27H38N4O6S. The molecule has 208 valence electrons. The molecule has 0 bridgehead atoms. The third kappa shape index (κ3) is 7.21. The zero-order valence-electron chi connectivity index (χ0n) is 23.4. The Balaban J connectivity index is 1.88. The van der Waals surface area contributed by atoms with E-state index in [4.69, 9.17) is 9.47 Å². The van der Waals surface area contributed by atoms with Gasteiger partial charge in [0.1, 0.15) is 10.5 Å². The van der Waals surface area contributed by atoms with Gasteiger partial charge in [0.25, 0.3) is 5.56 Å². The minimum Gasteiger partial charge on any atom is -0.462 e. The lowest BCUT2D eigenvalue weighted by Gasteiger charge is -2.34. The van der Waals surface area contributed by atoms with Crippen LogP contribution in [0.5, 0.6) is 0 Å². The van der Waals surface area contributed by atoms with Crippen molar-refractivity contribution in [3.05, 3.63) is 37.3 Å². The quantitative estimate of drug-likeness (QED) is 0.495. The van der Waals surface area contributed by atoms with Crippen LogP contribution in [0.3, 0.4) is 0 Å². The van der Waals surface area contributed by atoms with E-state index in [1.165, 1.54) is 16.2 Å².